The number of allylic oxidation sites excluding steroid dienone is 6. The van der Waals surface area contributed by atoms with Gasteiger partial charge in [-0.1, -0.05) is 79.5 Å². The Morgan fingerprint density at radius 2 is 1.16 bits per heavy atom. The molecular formula is C36H46O2. The number of carbonyl (C=O) groups excluding carboxylic acids is 2. The monoisotopic (exact) mass is 510 g/mol. The first kappa shape index (κ1) is 29.6. The minimum atomic E-state index is -0.0302. The minimum Gasteiger partial charge on any atom is -0.289 e. The van der Waals surface area contributed by atoms with E-state index in [1.165, 1.54) is 29.6 Å². The van der Waals surface area contributed by atoms with E-state index in [4.69, 9.17) is 0 Å². The van der Waals surface area contributed by atoms with Crippen LogP contribution < -0.4 is 0 Å². The summed E-state index contributed by atoms with van der Waals surface area (Å²) in [6.45, 7) is 13.2. The van der Waals surface area contributed by atoms with Crippen molar-refractivity contribution in [3.63, 3.8) is 0 Å². The molecule has 0 aliphatic heterocycles. The third-order valence-corrected chi connectivity index (χ3v) is 7.44. The van der Waals surface area contributed by atoms with Gasteiger partial charge in [0.1, 0.15) is 0 Å². The maximum atomic E-state index is 13.3. The molecule has 2 aromatic carbocycles. The van der Waals surface area contributed by atoms with Crippen LogP contribution in [0.1, 0.15) is 129 Å². The second-order valence-corrected chi connectivity index (χ2v) is 11.7. The van der Waals surface area contributed by atoms with Gasteiger partial charge in [-0.2, -0.15) is 0 Å². The zero-order valence-corrected chi connectivity index (χ0v) is 24.5. The molecule has 0 saturated carbocycles. The summed E-state index contributed by atoms with van der Waals surface area (Å²) in [4.78, 5) is 26.7. The van der Waals surface area contributed by atoms with Crippen LogP contribution in [0, 0.1) is 5.92 Å². The Morgan fingerprint density at radius 3 is 1.63 bits per heavy atom. The smallest absolute Gasteiger partial charge is 0.194 e. The molecule has 0 bridgehead atoms. The number of benzene rings is 2. The van der Waals surface area contributed by atoms with E-state index in [9.17, 15) is 9.59 Å². The molecule has 2 heteroatoms. The van der Waals surface area contributed by atoms with Crippen LogP contribution in [0.5, 0.6) is 0 Å². The van der Waals surface area contributed by atoms with Crippen LogP contribution in [0.25, 0.3) is 0 Å². The van der Waals surface area contributed by atoms with Crippen LogP contribution in [0.3, 0.4) is 0 Å². The van der Waals surface area contributed by atoms with Gasteiger partial charge < -0.3 is 0 Å². The molecule has 0 fully saturated rings. The van der Waals surface area contributed by atoms with Gasteiger partial charge in [0, 0.05) is 22.3 Å². The van der Waals surface area contributed by atoms with E-state index in [2.05, 4.69) is 59.8 Å². The number of fused-ring (bicyclic) bond motifs is 2. The zero-order valence-electron chi connectivity index (χ0n) is 24.5. The maximum absolute atomic E-state index is 13.3. The molecule has 1 aliphatic carbocycles. The normalized spacial score (nSPS) is 13.6. The summed E-state index contributed by atoms with van der Waals surface area (Å²) in [7, 11) is 0. The highest BCUT2D eigenvalue weighted by atomic mass is 16.1. The Hall–Kier alpha value is -3.00. The van der Waals surface area contributed by atoms with Crippen LogP contribution in [0.4, 0.5) is 0 Å². The number of aryl methyl sites for hydroxylation is 2. The lowest BCUT2D eigenvalue weighted by Gasteiger charge is -2.19. The van der Waals surface area contributed by atoms with E-state index in [1.54, 1.807) is 0 Å². The van der Waals surface area contributed by atoms with Crippen molar-refractivity contribution in [3.05, 3.63) is 105 Å². The van der Waals surface area contributed by atoms with Crippen molar-refractivity contribution >= 4 is 11.6 Å². The SMILES string of the molecule is CC(C)=CCC/C(C)=C/CCc1ccc2c(c1)C(=O)c1ccc(CC/C=C(\C)CCCC(C)C)cc1C2=O. The Kier molecular flexibility index (Phi) is 11.1. The minimum absolute atomic E-state index is 0.0292. The second kappa shape index (κ2) is 14.2. The summed E-state index contributed by atoms with van der Waals surface area (Å²) >= 11 is 0. The van der Waals surface area contributed by atoms with Crippen molar-refractivity contribution in [2.75, 3.05) is 0 Å². The number of hydrogen-bond acceptors (Lipinski definition) is 2. The van der Waals surface area contributed by atoms with Crippen molar-refractivity contribution in [1.82, 2.24) is 0 Å². The van der Waals surface area contributed by atoms with Crippen molar-refractivity contribution in [2.24, 2.45) is 5.92 Å². The van der Waals surface area contributed by atoms with E-state index < -0.39 is 0 Å². The molecule has 2 aromatic rings. The van der Waals surface area contributed by atoms with Crippen LogP contribution in [0.15, 0.2) is 71.3 Å². The maximum Gasteiger partial charge on any atom is 0.194 e. The van der Waals surface area contributed by atoms with E-state index in [0.29, 0.717) is 22.3 Å². The lowest BCUT2D eigenvalue weighted by Crippen LogP contribution is -2.21. The second-order valence-electron chi connectivity index (χ2n) is 11.7. The zero-order chi connectivity index (χ0) is 27.7. The summed E-state index contributed by atoms with van der Waals surface area (Å²) in [6.07, 6.45) is 16.3. The Morgan fingerprint density at radius 1 is 0.658 bits per heavy atom. The standard InChI is InChI=1S/C36H46O2/c1-25(2)11-7-13-27(5)15-9-17-29-19-21-31-33(23-29)35(37)32-22-20-30(24-34(32)36(31)38)18-10-16-28(6)14-8-12-26(3)4/h11,15-16,19-24,26H,7-10,12-14,17-18H2,1-6H3/b27-15+,28-16+. The van der Waals surface area contributed by atoms with E-state index >= 15 is 0 Å². The number of hydrogen-bond donors (Lipinski definition) is 0. The number of rotatable bonds is 13. The quantitative estimate of drug-likeness (QED) is 0.214. The highest BCUT2D eigenvalue weighted by molar-refractivity contribution is 6.28. The predicted molar refractivity (Wildman–Crippen MR) is 161 cm³/mol. The highest BCUT2D eigenvalue weighted by Crippen LogP contribution is 2.29. The van der Waals surface area contributed by atoms with Crippen molar-refractivity contribution < 1.29 is 9.59 Å². The first-order chi connectivity index (χ1) is 18.2. The summed E-state index contributed by atoms with van der Waals surface area (Å²) in [6, 6.07) is 11.6. The molecular weight excluding hydrogens is 464 g/mol. The molecule has 0 radical (unpaired) electrons. The number of carbonyl (C=O) groups is 2. The third kappa shape index (κ3) is 8.51. The molecule has 0 saturated heterocycles. The first-order valence-corrected chi connectivity index (χ1v) is 14.5. The van der Waals surface area contributed by atoms with E-state index in [1.807, 2.05) is 36.4 Å². The fourth-order valence-corrected chi connectivity index (χ4v) is 5.11. The van der Waals surface area contributed by atoms with Crippen molar-refractivity contribution in [1.29, 1.82) is 0 Å². The summed E-state index contributed by atoms with van der Waals surface area (Å²) < 4.78 is 0. The molecule has 38 heavy (non-hydrogen) atoms. The lowest BCUT2D eigenvalue weighted by molar-refractivity contribution is 0.0979. The van der Waals surface area contributed by atoms with Gasteiger partial charge in [-0.25, -0.2) is 0 Å². The molecule has 0 atom stereocenters. The molecule has 1 aliphatic rings. The van der Waals surface area contributed by atoms with Crippen LogP contribution in [0.2, 0.25) is 0 Å². The fraction of sp³-hybridized carbons (Fsp3) is 0.444. The molecule has 0 aromatic heterocycles. The molecule has 0 unspecified atom stereocenters. The largest absolute Gasteiger partial charge is 0.289 e. The lowest BCUT2D eigenvalue weighted by atomic mass is 9.82. The molecule has 0 heterocycles. The molecule has 3 rings (SSSR count). The van der Waals surface area contributed by atoms with Crippen molar-refractivity contribution in [3.8, 4) is 0 Å². The topological polar surface area (TPSA) is 34.1 Å². The Labute approximate surface area is 230 Å². The van der Waals surface area contributed by atoms with Gasteiger partial charge in [-0.05, 0) is 108 Å². The number of ketones is 2. The van der Waals surface area contributed by atoms with Gasteiger partial charge >= 0.3 is 0 Å². The molecule has 0 N–H and O–H groups in total. The van der Waals surface area contributed by atoms with Crippen LogP contribution in [-0.2, 0) is 12.8 Å². The molecule has 0 spiro atoms. The van der Waals surface area contributed by atoms with E-state index in [0.717, 1.165) is 62.0 Å². The summed E-state index contributed by atoms with van der Waals surface area (Å²) in [5.74, 6) is 0.695. The summed E-state index contributed by atoms with van der Waals surface area (Å²) in [5.41, 5.74) is 8.60. The predicted octanol–water partition coefficient (Wildman–Crippen LogP) is 9.79. The van der Waals surface area contributed by atoms with Gasteiger partial charge in [-0.3, -0.25) is 9.59 Å². The summed E-state index contributed by atoms with van der Waals surface area (Å²) in [5, 5.41) is 0. The average Bonchev–Trinajstić information content (AvgIpc) is 2.86. The van der Waals surface area contributed by atoms with Crippen LogP contribution >= 0.6 is 0 Å². The first-order valence-electron chi connectivity index (χ1n) is 14.5. The molecule has 2 nitrogen and oxygen atoms in total. The van der Waals surface area contributed by atoms with Gasteiger partial charge in [0.05, 0.1) is 0 Å². The van der Waals surface area contributed by atoms with Gasteiger partial charge in [0.2, 0.25) is 0 Å². The van der Waals surface area contributed by atoms with E-state index in [-0.39, 0.29) is 11.6 Å². The van der Waals surface area contributed by atoms with Crippen LogP contribution in [-0.4, -0.2) is 11.6 Å². The Bertz CT molecular complexity index is 1230. The van der Waals surface area contributed by atoms with Gasteiger partial charge in [-0.15, -0.1) is 0 Å². The highest BCUT2D eigenvalue weighted by Gasteiger charge is 2.29. The third-order valence-electron chi connectivity index (χ3n) is 7.44. The average molecular weight is 511 g/mol. The molecule has 0 amide bonds. The van der Waals surface area contributed by atoms with Gasteiger partial charge in [0.15, 0.2) is 11.6 Å². The molecule has 202 valence electrons. The van der Waals surface area contributed by atoms with Gasteiger partial charge in [0.25, 0.3) is 0 Å². The Balaban J connectivity index is 1.63. The fourth-order valence-electron chi connectivity index (χ4n) is 5.11. The van der Waals surface area contributed by atoms with Crippen molar-refractivity contribution in [2.45, 2.75) is 99.3 Å².